The van der Waals surface area contributed by atoms with Gasteiger partial charge in [0.2, 0.25) is 17.5 Å². The molecule has 0 aliphatic carbocycles. The zero-order valence-corrected chi connectivity index (χ0v) is 14.4. The molecule has 0 N–H and O–H groups in total. The van der Waals surface area contributed by atoms with Crippen molar-refractivity contribution in [3.63, 3.8) is 0 Å². The molecule has 1 aromatic carbocycles. The molecule has 132 valence electrons. The molecule has 0 aliphatic heterocycles. The molecule has 0 amide bonds. The van der Waals surface area contributed by atoms with E-state index in [1.807, 2.05) is 49.4 Å². The van der Waals surface area contributed by atoms with Gasteiger partial charge in [0.05, 0.1) is 11.4 Å². The van der Waals surface area contributed by atoms with E-state index in [-0.39, 0.29) is 0 Å². The Labute approximate surface area is 153 Å². The zero-order chi connectivity index (χ0) is 18.2. The van der Waals surface area contributed by atoms with Crippen LogP contribution in [0.15, 0.2) is 59.3 Å². The van der Waals surface area contributed by atoms with Crippen molar-refractivity contribution in [3.05, 3.63) is 66.1 Å². The maximum absolute atomic E-state index is 5.98. The molecule has 0 aliphatic rings. The van der Waals surface area contributed by atoms with Crippen LogP contribution in [0.2, 0.25) is 0 Å². The van der Waals surface area contributed by atoms with Crippen LogP contribution in [-0.4, -0.2) is 30.0 Å². The first kappa shape index (κ1) is 15.4. The standard InChI is InChI=1S/C19H14N6O2/c1-12-10-16(27-24-12)18-22-21-17-14-7-2-3-8-15(14)19(23-25(17)18)26-11-13-6-4-5-9-20-13/h2-10H,11H2,1H3. The highest BCUT2D eigenvalue weighted by Gasteiger charge is 2.18. The van der Waals surface area contributed by atoms with Crippen molar-refractivity contribution < 1.29 is 9.26 Å². The van der Waals surface area contributed by atoms with Gasteiger partial charge in [-0.1, -0.05) is 29.4 Å². The van der Waals surface area contributed by atoms with Crippen LogP contribution < -0.4 is 4.74 Å². The third-order valence-electron chi connectivity index (χ3n) is 4.16. The van der Waals surface area contributed by atoms with Crippen molar-refractivity contribution in [3.8, 4) is 17.5 Å². The third kappa shape index (κ3) is 2.67. The summed E-state index contributed by atoms with van der Waals surface area (Å²) in [6, 6.07) is 15.3. The highest BCUT2D eigenvalue weighted by Crippen LogP contribution is 2.29. The molecule has 0 bridgehead atoms. The summed E-state index contributed by atoms with van der Waals surface area (Å²) >= 11 is 0. The minimum atomic E-state index is 0.308. The number of aryl methyl sites for hydroxylation is 1. The summed E-state index contributed by atoms with van der Waals surface area (Å²) < 4.78 is 12.9. The Kier molecular flexibility index (Phi) is 3.53. The number of benzene rings is 1. The summed E-state index contributed by atoms with van der Waals surface area (Å²) in [4.78, 5) is 4.29. The van der Waals surface area contributed by atoms with Crippen LogP contribution in [0.3, 0.4) is 0 Å². The number of nitrogens with zero attached hydrogens (tertiary/aromatic N) is 6. The molecule has 8 nitrogen and oxygen atoms in total. The first-order valence-corrected chi connectivity index (χ1v) is 8.40. The minimum Gasteiger partial charge on any atom is -0.470 e. The fourth-order valence-corrected chi connectivity index (χ4v) is 2.91. The van der Waals surface area contributed by atoms with Gasteiger partial charge in [-0.2, -0.15) is 4.52 Å². The summed E-state index contributed by atoms with van der Waals surface area (Å²) in [5.41, 5.74) is 2.20. The van der Waals surface area contributed by atoms with Gasteiger partial charge in [0, 0.05) is 23.0 Å². The quantitative estimate of drug-likeness (QED) is 0.487. The topological polar surface area (TPSA) is 91.2 Å². The largest absolute Gasteiger partial charge is 0.470 e. The molecular formula is C19H14N6O2. The van der Waals surface area contributed by atoms with Crippen molar-refractivity contribution in [2.75, 3.05) is 0 Å². The lowest BCUT2D eigenvalue weighted by Crippen LogP contribution is -2.04. The van der Waals surface area contributed by atoms with Crippen LogP contribution >= 0.6 is 0 Å². The predicted octanol–water partition coefficient (Wildman–Crippen LogP) is 3.21. The average molecular weight is 358 g/mol. The predicted molar refractivity (Wildman–Crippen MR) is 97.1 cm³/mol. The van der Waals surface area contributed by atoms with Gasteiger partial charge in [-0.25, -0.2) is 0 Å². The van der Waals surface area contributed by atoms with Gasteiger partial charge in [0.25, 0.3) is 0 Å². The van der Waals surface area contributed by atoms with Gasteiger partial charge >= 0.3 is 0 Å². The van der Waals surface area contributed by atoms with Crippen LogP contribution in [0.5, 0.6) is 5.88 Å². The van der Waals surface area contributed by atoms with E-state index in [0.717, 1.165) is 22.2 Å². The van der Waals surface area contributed by atoms with Gasteiger partial charge in [0.15, 0.2) is 5.65 Å². The third-order valence-corrected chi connectivity index (χ3v) is 4.16. The van der Waals surface area contributed by atoms with E-state index in [4.69, 9.17) is 9.26 Å². The van der Waals surface area contributed by atoms with Gasteiger partial charge in [0.1, 0.15) is 6.61 Å². The van der Waals surface area contributed by atoms with E-state index >= 15 is 0 Å². The van der Waals surface area contributed by atoms with Crippen molar-refractivity contribution in [1.29, 1.82) is 0 Å². The molecule has 27 heavy (non-hydrogen) atoms. The van der Waals surface area contributed by atoms with E-state index in [1.165, 1.54) is 0 Å². The number of aromatic nitrogens is 6. The molecule has 5 aromatic rings. The fourth-order valence-electron chi connectivity index (χ4n) is 2.91. The molecule has 0 fully saturated rings. The highest BCUT2D eigenvalue weighted by atomic mass is 16.5. The lowest BCUT2D eigenvalue weighted by molar-refractivity contribution is 0.289. The monoisotopic (exact) mass is 358 g/mol. The second kappa shape index (κ2) is 6.17. The van der Waals surface area contributed by atoms with Gasteiger partial charge in [-0.3, -0.25) is 4.98 Å². The van der Waals surface area contributed by atoms with Crippen LogP contribution in [0, 0.1) is 6.92 Å². The van der Waals surface area contributed by atoms with Crippen molar-refractivity contribution in [1.82, 2.24) is 30.0 Å². The molecule has 0 unspecified atom stereocenters. The summed E-state index contributed by atoms with van der Waals surface area (Å²) in [7, 11) is 0. The summed E-state index contributed by atoms with van der Waals surface area (Å²) in [5.74, 6) is 1.44. The smallest absolute Gasteiger partial charge is 0.240 e. The van der Waals surface area contributed by atoms with Crippen LogP contribution in [0.25, 0.3) is 28.0 Å². The molecule has 4 heterocycles. The molecular weight excluding hydrogens is 344 g/mol. The first-order valence-electron chi connectivity index (χ1n) is 8.40. The molecule has 0 atom stereocenters. The average Bonchev–Trinajstić information content (AvgIpc) is 3.33. The Morgan fingerprint density at radius 2 is 1.89 bits per heavy atom. The fraction of sp³-hybridized carbons (Fsp3) is 0.105. The van der Waals surface area contributed by atoms with E-state index < -0.39 is 0 Å². The van der Waals surface area contributed by atoms with Crippen LogP contribution in [-0.2, 0) is 6.61 Å². The molecule has 8 heteroatoms. The van der Waals surface area contributed by atoms with E-state index in [0.29, 0.717) is 29.7 Å². The first-order chi connectivity index (χ1) is 13.3. The van der Waals surface area contributed by atoms with E-state index in [1.54, 1.807) is 16.8 Å². The Balaban J connectivity index is 1.66. The highest BCUT2D eigenvalue weighted by molar-refractivity contribution is 5.96. The molecule has 0 saturated carbocycles. The Morgan fingerprint density at radius 3 is 2.67 bits per heavy atom. The Bertz CT molecular complexity index is 1250. The van der Waals surface area contributed by atoms with Gasteiger partial charge in [-0.15, -0.1) is 15.3 Å². The van der Waals surface area contributed by atoms with Crippen molar-refractivity contribution >= 4 is 16.4 Å². The maximum atomic E-state index is 5.98. The van der Waals surface area contributed by atoms with E-state index in [9.17, 15) is 0 Å². The summed E-state index contributed by atoms with van der Waals surface area (Å²) in [5, 5.41) is 18.8. The van der Waals surface area contributed by atoms with Crippen LogP contribution in [0.4, 0.5) is 0 Å². The Morgan fingerprint density at radius 1 is 1.04 bits per heavy atom. The maximum Gasteiger partial charge on any atom is 0.240 e. The molecule has 4 aromatic heterocycles. The second-order valence-corrected chi connectivity index (χ2v) is 6.05. The number of hydrogen-bond acceptors (Lipinski definition) is 7. The number of pyridine rings is 1. The van der Waals surface area contributed by atoms with Crippen molar-refractivity contribution in [2.24, 2.45) is 0 Å². The normalized spacial score (nSPS) is 11.3. The number of fused-ring (bicyclic) bond motifs is 3. The lowest BCUT2D eigenvalue weighted by atomic mass is 10.2. The van der Waals surface area contributed by atoms with Crippen molar-refractivity contribution in [2.45, 2.75) is 13.5 Å². The van der Waals surface area contributed by atoms with Crippen LogP contribution in [0.1, 0.15) is 11.4 Å². The van der Waals surface area contributed by atoms with E-state index in [2.05, 4.69) is 25.4 Å². The Hall–Kier alpha value is -3.81. The number of hydrogen-bond donors (Lipinski definition) is 0. The minimum absolute atomic E-state index is 0.308. The SMILES string of the molecule is Cc1cc(-c2nnc3c4ccccc4c(OCc4ccccn4)nn23)on1. The molecule has 0 spiro atoms. The molecule has 0 saturated heterocycles. The number of ether oxygens (including phenoxy) is 1. The second-order valence-electron chi connectivity index (χ2n) is 6.05. The lowest BCUT2D eigenvalue weighted by Gasteiger charge is -2.09. The van der Waals surface area contributed by atoms with Gasteiger partial charge < -0.3 is 9.26 Å². The van der Waals surface area contributed by atoms with Gasteiger partial charge in [-0.05, 0) is 25.1 Å². The zero-order valence-electron chi connectivity index (χ0n) is 14.4. The molecule has 0 radical (unpaired) electrons. The molecule has 5 rings (SSSR count). The summed E-state index contributed by atoms with van der Waals surface area (Å²) in [6.07, 6.45) is 1.73. The number of rotatable bonds is 4. The summed E-state index contributed by atoms with van der Waals surface area (Å²) in [6.45, 7) is 2.16.